The van der Waals surface area contributed by atoms with Crippen LogP contribution in [0.15, 0.2) is 34.3 Å². The van der Waals surface area contributed by atoms with E-state index in [1.165, 1.54) is 12.3 Å². The Morgan fingerprint density at radius 1 is 1.18 bits per heavy atom. The lowest BCUT2D eigenvalue weighted by Crippen LogP contribution is -1.89. The molecule has 0 radical (unpaired) electrons. The van der Waals surface area contributed by atoms with Gasteiger partial charge in [0.1, 0.15) is 16.7 Å². The first kappa shape index (κ1) is 12.5. The lowest BCUT2D eigenvalue weighted by atomic mass is 10.3. The number of rotatable bonds is 2. The van der Waals surface area contributed by atoms with Crippen molar-refractivity contribution in [1.29, 1.82) is 0 Å². The second-order valence-electron chi connectivity index (χ2n) is 2.97. The predicted octanol–water partition coefficient (Wildman–Crippen LogP) is 4.21. The third-order valence-electron chi connectivity index (χ3n) is 1.78. The van der Waals surface area contributed by atoms with Crippen LogP contribution in [-0.4, -0.2) is 9.97 Å². The molecule has 0 aliphatic heterocycles. The minimum absolute atomic E-state index is 0.0134. The highest BCUT2D eigenvalue weighted by Crippen LogP contribution is 2.33. The van der Waals surface area contributed by atoms with Crippen LogP contribution >= 0.6 is 35.0 Å². The standard InChI is InChI=1S/C10H4Cl2F2N2S/c11-6-4-15-10(12)16-9(6)17-8-2-1-5(13)3-7(8)14/h1-4H. The van der Waals surface area contributed by atoms with Crippen molar-refractivity contribution < 1.29 is 8.78 Å². The molecular formula is C10H4Cl2F2N2S. The molecule has 2 nitrogen and oxygen atoms in total. The molecule has 7 heteroatoms. The van der Waals surface area contributed by atoms with Crippen molar-refractivity contribution in [3.05, 3.63) is 46.3 Å². The summed E-state index contributed by atoms with van der Waals surface area (Å²) in [4.78, 5) is 7.74. The molecule has 0 fully saturated rings. The van der Waals surface area contributed by atoms with E-state index in [2.05, 4.69) is 9.97 Å². The molecule has 17 heavy (non-hydrogen) atoms. The lowest BCUT2D eigenvalue weighted by molar-refractivity contribution is 0.565. The van der Waals surface area contributed by atoms with E-state index in [9.17, 15) is 8.78 Å². The summed E-state index contributed by atoms with van der Waals surface area (Å²) in [5.41, 5.74) is 0. The van der Waals surface area contributed by atoms with Crippen molar-refractivity contribution in [1.82, 2.24) is 9.97 Å². The molecular weight excluding hydrogens is 289 g/mol. The van der Waals surface area contributed by atoms with Gasteiger partial charge in [-0.15, -0.1) is 0 Å². The van der Waals surface area contributed by atoms with E-state index >= 15 is 0 Å². The maximum absolute atomic E-state index is 13.4. The van der Waals surface area contributed by atoms with Crippen LogP contribution in [0, 0.1) is 11.6 Å². The molecule has 0 bridgehead atoms. The third-order valence-corrected chi connectivity index (χ3v) is 3.41. The van der Waals surface area contributed by atoms with Crippen LogP contribution in [0.25, 0.3) is 0 Å². The van der Waals surface area contributed by atoms with Gasteiger partial charge in [0.05, 0.1) is 11.2 Å². The average molecular weight is 293 g/mol. The van der Waals surface area contributed by atoms with Gasteiger partial charge in [0.15, 0.2) is 0 Å². The molecule has 0 saturated carbocycles. The molecule has 2 aromatic rings. The van der Waals surface area contributed by atoms with Gasteiger partial charge in [0.2, 0.25) is 5.28 Å². The normalized spacial score (nSPS) is 10.6. The van der Waals surface area contributed by atoms with Gasteiger partial charge in [-0.05, 0) is 23.7 Å². The molecule has 0 spiro atoms. The molecule has 1 heterocycles. The fraction of sp³-hybridized carbons (Fsp3) is 0. The number of benzene rings is 1. The molecule has 0 aliphatic carbocycles. The van der Waals surface area contributed by atoms with Gasteiger partial charge in [-0.1, -0.05) is 23.4 Å². The molecule has 0 amide bonds. The van der Waals surface area contributed by atoms with E-state index in [1.54, 1.807) is 0 Å². The average Bonchev–Trinajstić information content (AvgIpc) is 2.27. The molecule has 0 saturated heterocycles. The number of aromatic nitrogens is 2. The van der Waals surface area contributed by atoms with Gasteiger partial charge < -0.3 is 0 Å². The highest BCUT2D eigenvalue weighted by molar-refractivity contribution is 7.99. The number of hydrogen-bond donors (Lipinski definition) is 0. The van der Waals surface area contributed by atoms with Gasteiger partial charge >= 0.3 is 0 Å². The smallest absolute Gasteiger partial charge is 0.223 e. The van der Waals surface area contributed by atoms with Crippen molar-refractivity contribution in [3.8, 4) is 0 Å². The molecule has 88 valence electrons. The van der Waals surface area contributed by atoms with Gasteiger partial charge in [0.25, 0.3) is 0 Å². The van der Waals surface area contributed by atoms with Crippen LogP contribution in [-0.2, 0) is 0 Å². The summed E-state index contributed by atoms with van der Waals surface area (Å²) in [5.74, 6) is -1.32. The Hall–Kier alpha value is -0.910. The van der Waals surface area contributed by atoms with Gasteiger partial charge in [-0.3, -0.25) is 0 Å². The summed E-state index contributed by atoms with van der Waals surface area (Å²) in [7, 11) is 0. The predicted molar refractivity (Wildman–Crippen MR) is 62.5 cm³/mol. The van der Waals surface area contributed by atoms with Crippen molar-refractivity contribution in [3.63, 3.8) is 0 Å². The van der Waals surface area contributed by atoms with Gasteiger partial charge in [-0.25, -0.2) is 18.7 Å². The summed E-state index contributed by atoms with van der Waals surface area (Å²) in [6.45, 7) is 0. The Balaban J connectivity index is 2.34. The maximum Gasteiger partial charge on any atom is 0.223 e. The summed E-state index contributed by atoms with van der Waals surface area (Å²) in [5, 5.41) is 0.583. The minimum atomic E-state index is -0.680. The SMILES string of the molecule is Fc1ccc(Sc2nc(Cl)ncc2Cl)c(F)c1. The molecule has 2 rings (SSSR count). The quantitative estimate of drug-likeness (QED) is 0.612. The highest BCUT2D eigenvalue weighted by Gasteiger charge is 2.10. The second-order valence-corrected chi connectivity index (χ2v) is 4.74. The van der Waals surface area contributed by atoms with E-state index < -0.39 is 11.6 Å². The topological polar surface area (TPSA) is 25.8 Å². The first-order valence-electron chi connectivity index (χ1n) is 4.37. The number of halogens is 4. The fourth-order valence-electron chi connectivity index (χ4n) is 1.06. The highest BCUT2D eigenvalue weighted by atomic mass is 35.5. The van der Waals surface area contributed by atoms with Crippen molar-refractivity contribution in [2.45, 2.75) is 9.92 Å². The minimum Gasteiger partial charge on any atom is -0.225 e. The summed E-state index contributed by atoms with van der Waals surface area (Å²) in [6, 6.07) is 3.25. The van der Waals surface area contributed by atoms with Crippen LogP contribution < -0.4 is 0 Å². The molecule has 1 aromatic heterocycles. The Morgan fingerprint density at radius 2 is 1.94 bits per heavy atom. The summed E-state index contributed by atoms with van der Waals surface area (Å²) >= 11 is 12.4. The van der Waals surface area contributed by atoms with Gasteiger partial charge in [-0.2, -0.15) is 0 Å². The zero-order chi connectivity index (χ0) is 12.4. The Morgan fingerprint density at radius 3 is 2.65 bits per heavy atom. The van der Waals surface area contributed by atoms with Crippen LogP contribution in [0.3, 0.4) is 0 Å². The Bertz CT molecular complexity index is 566. The van der Waals surface area contributed by atoms with Crippen LogP contribution in [0.4, 0.5) is 8.78 Å². The van der Waals surface area contributed by atoms with E-state index in [0.717, 1.165) is 23.9 Å². The van der Waals surface area contributed by atoms with E-state index in [4.69, 9.17) is 23.2 Å². The Labute approximate surface area is 110 Å². The molecule has 0 unspecified atom stereocenters. The molecule has 0 atom stereocenters. The molecule has 0 N–H and O–H groups in total. The first-order valence-corrected chi connectivity index (χ1v) is 5.94. The van der Waals surface area contributed by atoms with Crippen molar-refractivity contribution in [2.75, 3.05) is 0 Å². The first-order chi connectivity index (χ1) is 8.06. The van der Waals surface area contributed by atoms with E-state index in [0.29, 0.717) is 5.03 Å². The van der Waals surface area contributed by atoms with Crippen LogP contribution in [0.2, 0.25) is 10.3 Å². The van der Waals surface area contributed by atoms with Crippen LogP contribution in [0.5, 0.6) is 0 Å². The van der Waals surface area contributed by atoms with Gasteiger partial charge in [0, 0.05) is 11.0 Å². The monoisotopic (exact) mass is 292 g/mol. The zero-order valence-corrected chi connectivity index (χ0v) is 10.5. The molecule has 1 aromatic carbocycles. The van der Waals surface area contributed by atoms with E-state index in [-0.39, 0.29) is 15.2 Å². The largest absolute Gasteiger partial charge is 0.225 e. The van der Waals surface area contributed by atoms with Crippen LogP contribution in [0.1, 0.15) is 0 Å². The number of nitrogens with zero attached hydrogens (tertiary/aromatic N) is 2. The Kier molecular flexibility index (Phi) is 3.81. The van der Waals surface area contributed by atoms with E-state index in [1.807, 2.05) is 0 Å². The number of hydrogen-bond acceptors (Lipinski definition) is 3. The molecule has 0 aliphatic rings. The summed E-state index contributed by atoms with van der Waals surface area (Å²) < 4.78 is 26.1. The fourth-order valence-corrected chi connectivity index (χ4v) is 2.24. The zero-order valence-electron chi connectivity index (χ0n) is 8.12. The lowest BCUT2D eigenvalue weighted by Gasteiger charge is -2.04. The van der Waals surface area contributed by atoms with Crippen molar-refractivity contribution >= 4 is 35.0 Å². The summed E-state index contributed by atoms with van der Waals surface area (Å²) in [6.07, 6.45) is 1.32. The second kappa shape index (κ2) is 5.16. The van der Waals surface area contributed by atoms with Crippen molar-refractivity contribution in [2.24, 2.45) is 0 Å². The maximum atomic E-state index is 13.4. The third kappa shape index (κ3) is 3.06.